The Bertz CT molecular complexity index is 595. The summed E-state index contributed by atoms with van der Waals surface area (Å²) in [6.45, 7) is 7.24. The predicted octanol–water partition coefficient (Wildman–Crippen LogP) is 3.07. The molecule has 1 aliphatic rings. The van der Waals surface area contributed by atoms with E-state index < -0.39 is 0 Å². The molecule has 3 rings (SSSR count). The number of rotatable bonds is 4. The van der Waals surface area contributed by atoms with Gasteiger partial charge in [0.05, 0.1) is 5.69 Å². The van der Waals surface area contributed by atoms with Gasteiger partial charge in [0.1, 0.15) is 0 Å². The lowest BCUT2D eigenvalue weighted by atomic mass is 10.2. The second-order valence-electron chi connectivity index (χ2n) is 5.85. The number of pyridine rings is 1. The molecule has 1 aromatic heterocycles. The van der Waals surface area contributed by atoms with Crippen LogP contribution in [-0.4, -0.2) is 24.1 Å². The zero-order valence-corrected chi connectivity index (χ0v) is 12.8. The van der Waals surface area contributed by atoms with Crippen molar-refractivity contribution in [3.05, 3.63) is 59.4 Å². The second-order valence-corrected chi connectivity index (χ2v) is 5.85. The zero-order valence-electron chi connectivity index (χ0n) is 12.8. The van der Waals surface area contributed by atoms with Crippen LogP contribution in [0.4, 0.5) is 5.69 Å². The SMILES string of the molecule is Cc1ccc(CNC2CCN(c3ccccc3)C2)nc1C. The lowest BCUT2D eigenvalue weighted by Crippen LogP contribution is -2.32. The summed E-state index contributed by atoms with van der Waals surface area (Å²) in [6.07, 6.45) is 1.19. The average molecular weight is 281 g/mol. The van der Waals surface area contributed by atoms with Gasteiger partial charge in [-0.15, -0.1) is 0 Å². The minimum Gasteiger partial charge on any atom is -0.370 e. The molecular formula is C18H23N3. The van der Waals surface area contributed by atoms with Crippen molar-refractivity contribution in [3.8, 4) is 0 Å². The maximum Gasteiger partial charge on any atom is 0.0545 e. The molecule has 110 valence electrons. The number of aromatic nitrogens is 1. The molecule has 0 saturated carbocycles. The lowest BCUT2D eigenvalue weighted by Gasteiger charge is -2.19. The van der Waals surface area contributed by atoms with Crippen LogP contribution in [-0.2, 0) is 6.54 Å². The van der Waals surface area contributed by atoms with Gasteiger partial charge in [-0.25, -0.2) is 0 Å². The van der Waals surface area contributed by atoms with E-state index >= 15 is 0 Å². The van der Waals surface area contributed by atoms with Crippen LogP contribution in [0.25, 0.3) is 0 Å². The second kappa shape index (κ2) is 6.27. The summed E-state index contributed by atoms with van der Waals surface area (Å²) in [5, 5.41) is 3.64. The van der Waals surface area contributed by atoms with Crippen molar-refractivity contribution in [3.63, 3.8) is 0 Å². The summed E-state index contributed by atoms with van der Waals surface area (Å²) < 4.78 is 0. The fourth-order valence-electron chi connectivity index (χ4n) is 2.83. The number of benzene rings is 1. The van der Waals surface area contributed by atoms with Gasteiger partial charge in [0.2, 0.25) is 0 Å². The fourth-order valence-corrected chi connectivity index (χ4v) is 2.83. The summed E-state index contributed by atoms with van der Waals surface area (Å²) in [5.74, 6) is 0. The van der Waals surface area contributed by atoms with Gasteiger partial charge in [0.15, 0.2) is 0 Å². The number of anilines is 1. The fraction of sp³-hybridized carbons (Fsp3) is 0.389. The van der Waals surface area contributed by atoms with E-state index in [4.69, 9.17) is 0 Å². The van der Waals surface area contributed by atoms with Crippen molar-refractivity contribution in [2.75, 3.05) is 18.0 Å². The lowest BCUT2D eigenvalue weighted by molar-refractivity contribution is 0.545. The molecule has 21 heavy (non-hydrogen) atoms. The predicted molar refractivity (Wildman–Crippen MR) is 87.6 cm³/mol. The van der Waals surface area contributed by atoms with E-state index in [0.29, 0.717) is 6.04 Å². The molecule has 3 nitrogen and oxygen atoms in total. The molecule has 3 heteroatoms. The smallest absolute Gasteiger partial charge is 0.0545 e. The highest BCUT2D eigenvalue weighted by Crippen LogP contribution is 2.19. The quantitative estimate of drug-likeness (QED) is 0.933. The Balaban J connectivity index is 1.54. The molecule has 1 unspecified atom stereocenters. The van der Waals surface area contributed by atoms with Gasteiger partial charge in [-0.1, -0.05) is 24.3 Å². The van der Waals surface area contributed by atoms with Crippen LogP contribution in [0.15, 0.2) is 42.5 Å². The van der Waals surface area contributed by atoms with Crippen molar-refractivity contribution in [1.82, 2.24) is 10.3 Å². The Morgan fingerprint density at radius 1 is 1.14 bits per heavy atom. The van der Waals surface area contributed by atoms with Crippen molar-refractivity contribution >= 4 is 5.69 Å². The van der Waals surface area contributed by atoms with Crippen molar-refractivity contribution in [2.45, 2.75) is 32.9 Å². The molecular weight excluding hydrogens is 258 g/mol. The third kappa shape index (κ3) is 3.42. The van der Waals surface area contributed by atoms with Crippen LogP contribution in [0, 0.1) is 13.8 Å². The Morgan fingerprint density at radius 3 is 2.71 bits per heavy atom. The number of nitrogens with one attached hydrogen (secondary N) is 1. The van der Waals surface area contributed by atoms with Crippen molar-refractivity contribution < 1.29 is 0 Å². The highest BCUT2D eigenvalue weighted by Gasteiger charge is 2.22. The van der Waals surface area contributed by atoms with Gasteiger partial charge in [-0.2, -0.15) is 0 Å². The highest BCUT2D eigenvalue weighted by molar-refractivity contribution is 5.47. The Labute approximate surface area is 127 Å². The number of para-hydroxylation sites is 1. The number of aryl methyl sites for hydroxylation is 2. The average Bonchev–Trinajstić information content (AvgIpc) is 2.98. The molecule has 1 N–H and O–H groups in total. The van der Waals surface area contributed by atoms with Crippen LogP contribution < -0.4 is 10.2 Å². The Kier molecular flexibility index (Phi) is 4.20. The van der Waals surface area contributed by atoms with Gasteiger partial charge in [-0.3, -0.25) is 4.98 Å². The van der Waals surface area contributed by atoms with Gasteiger partial charge in [-0.05, 0) is 44.0 Å². The molecule has 1 fully saturated rings. The van der Waals surface area contributed by atoms with Crippen LogP contribution in [0.3, 0.4) is 0 Å². The summed E-state index contributed by atoms with van der Waals surface area (Å²) in [4.78, 5) is 7.08. The first-order chi connectivity index (χ1) is 10.2. The van der Waals surface area contributed by atoms with Gasteiger partial charge >= 0.3 is 0 Å². The van der Waals surface area contributed by atoms with E-state index in [2.05, 4.69) is 71.5 Å². The van der Waals surface area contributed by atoms with Gasteiger partial charge in [0.25, 0.3) is 0 Å². The molecule has 0 bridgehead atoms. The first-order valence-corrected chi connectivity index (χ1v) is 7.69. The van der Waals surface area contributed by atoms with E-state index in [-0.39, 0.29) is 0 Å². The van der Waals surface area contributed by atoms with Crippen LogP contribution in [0.1, 0.15) is 23.4 Å². The molecule has 1 atom stereocenters. The van der Waals surface area contributed by atoms with Crippen molar-refractivity contribution in [1.29, 1.82) is 0 Å². The summed E-state index contributed by atoms with van der Waals surface area (Å²) in [6, 6.07) is 15.5. The molecule has 0 spiro atoms. The van der Waals surface area contributed by atoms with E-state index in [9.17, 15) is 0 Å². The van der Waals surface area contributed by atoms with E-state index in [1.807, 2.05) is 0 Å². The molecule has 1 aliphatic heterocycles. The Morgan fingerprint density at radius 2 is 1.95 bits per heavy atom. The van der Waals surface area contributed by atoms with Crippen molar-refractivity contribution in [2.24, 2.45) is 0 Å². The first-order valence-electron chi connectivity index (χ1n) is 7.69. The van der Waals surface area contributed by atoms with Crippen LogP contribution >= 0.6 is 0 Å². The molecule has 0 amide bonds. The monoisotopic (exact) mass is 281 g/mol. The van der Waals surface area contributed by atoms with E-state index in [1.165, 1.54) is 17.7 Å². The molecule has 2 aromatic rings. The largest absolute Gasteiger partial charge is 0.370 e. The normalized spacial score (nSPS) is 18.2. The Hall–Kier alpha value is -1.87. The first kappa shape index (κ1) is 14.1. The minimum absolute atomic E-state index is 0.550. The summed E-state index contributed by atoms with van der Waals surface area (Å²) >= 11 is 0. The van der Waals surface area contributed by atoms with Gasteiger partial charge < -0.3 is 10.2 Å². The van der Waals surface area contributed by atoms with Crippen LogP contribution in [0.5, 0.6) is 0 Å². The minimum atomic E-state index is 0.550. The molecule has 1 aromatic carbocycles. The van der Waals surface area contributed by atoms with E-state index in [1.54, 1.807) is 0 Å². The molecule has 1 saturated heterocycles. The van der Waals surface area contributed by atoms with Crippen LogP contribution in [0.2, 0.25) is 0 Å². The number of hydrogen-bond donors (Lipinski definition) is 1. The topological polar surface area (TPSA) is 28.2 Å². The third-order valence-electron chi connectivity index (χ3n) is 4.29. The summed E-state index contributed by atoms with van der Waals surface area (Å²) in [7, 11) is 0. The van der Waals surface area contributed by atoms with Gasteiger partial charge in [0, 0.05) is 37.1 Å². The molecule has 0 radical (unpaired) electrons. The highest BCUT2D eigenvalue weighted by atomic mass is 15.2. The maximum atomic E-state index is 4.63. The third-order valence-corrected chi connectivity index (χ3v) is 4.29. The molecule has 2 heterocycles. The maximum absolute atomic E-state index is 4.63. The zero-order chi connectivity index (χ0) is 14.7. The molecule has 0 aliphatic carbocycles. The number of nitrogens with zero attached hydrogens (tertiary/aromatic N) is 2. The summed E-state index contributed by atoms with van der Waals surface area (Å²) in [5.41, 5.74) is 4.85. The number of hydrogen-bond acceptors (Lipinski definition) is 3. The standard InChI is InChI=1S/C18H23N3/c1-14-8-9-16(20-15(14)2)12-19-17-10-11-21(13-17)18-6-4-3-5-7-18/h3-9,17,19H,10-13H2,1-2H3. The van der Waals surface area contributed by atoms with E-state index in [0.717, 1.165) is 31.0 Å².